The summed E-state index contributed by atoms with van der Waals surface area (Å²) in [6.07, 6.45) is 0.881. The summed E-state index contributed by atoms with van der Waals surface area (Å²) in [7, 11) is 0. The molecule has 0 radical (unpaired) electrons. The zero-order valence-electron chi connectivity index (χ0n) is 9.62. The minimum absolute atomic E-state index is 0.373. The molecular weight excluding hydrogens is 256 g/mol. The van der Waals surface area contributed by atoms with E-state index in [-0.39, 0.29) is 0 Å². The second kappa shape index (κ2) is 5.93. The Bertz CT molecular complexity index is 491. The van der Waals surface area contributed by atoms with Gasteiger partial charge in [-0.2, -0.15) is 11.3 Å². The van der Waals surface area contributed by atoms with E-state index in [1.165, 1.54) is 5.56 Å². The standard InChI is InChI=1S/C13H13F2NOS/c14-11-5-10(6-12(15)13(11)17)7-16-3-1-9-2-4-18-8-9/h2,4-6,8,16-17H,1,3,7H2. The third kappa shape index (κ3) is 3.27. The largest absolute Gasteiger partial charge is 0.503 e. The highest BCUT2D eigenvalue weighted by atomic mass is 32.1. The molecule has 2 aromatic rings. The molecule has 96 valence electrons. The van der Waals surface area contributed by atoms with Crippen LogP contribution >= 0.6 is 11.3 Å². The van der Waals surface area contributed by atoms with Gasteiger partial charge in [0.25, 0.3) is 0 Å². The zero-order chi connectivity index (χ0) is 13.0. The van der Waals surface area contributed by atoms with Gasteiger partial charge in [0.2, 0.25) is 0 Å². The van der Waals surface area contributed by atoms with Crippen molar-refractivity contribution in [3.05, 3.63) is 51.7 Å². The van der Waals surface area contributed by atoms with E-state index >= 15 is 0 Å². The first kappa shape index (κ1) is 13.0. The summed E-state index contributed by atoms with van der Waals surface area (Å²) >= 11 is 1.64. The number of nitrogens with one attached hydrogen (secondary N) is 1. The van der Waals surface area contributed by atoms with E-state index < -0.39 is 17.4 Å². The summed E-state index contributed by atoms with van der Waals surface area (Å²) in [6.45, 7) is 1.11. The van der Waals surface area contributed by atoms with Gasteiger partial charge in [-0.15, -0.1) is 0 Å². The number of phenolic OH excluding ortho intramolecular Hbond substituents is 1. The number of rotatable bonds is 5. The van der Waals surface area contributed by atoms with Crippen molar-refractivity contribution in [2.24, 2.45) is 0 Å². The molecule has 1 aromatic carbocycles. The van der Waals surface area contributed by atoms with Crippen molar-refractivity contribution < 1.29 is 13.9 Å². The Kier molecular flexibility index (Phi) is 4.28. The normalized spacial score (nSPS) is 10.8. The van der Waals surface area contributed by atoms with Crippen molar-refractivity contribution in [3.63, 3.8) is 0 Å². The summed E-state index contributed by atoms with van der Waals surface area (Å²) < 4.78 is 26.1. The van der Waals surface area contributed by atoms with Crippen molar-refractivity contribution in [1.29, 1.82) is 0 Å². The van der Waals surface area contributed by atoms with Crippen LogP contribution in [0.4, 0.5) is 8.78 Å². The first-order valence-electron chi connectivity index (χ1n) is 5.55. The lowest BCUT2D eigenvalue weighted by atomic mass is 10.2. The molecule has 0 bridgehead atoms. The average Bonchev–Trinajstić information content (AvgIpc) is 2.84. The van der Waals surface area contributed by atoms with Gasteiger partial charge in [0, 0.05) is 6.54 Å². The summed E-state index contributed by atoms with van der Waals surface area (Å²) in [6, 6.07) is 4.32. The molecule has 2 N–H and O–H groups in total. The predicted octanol–water partition coefficient (Wildman–Crippen LogP) is 3.06. The lowest BCUT2D eigenvalue weighted by molar-refractivity contribution is 0.395. The molecule has 0 atom stereocenters. The van der Waals surface area contributed by atoms with E-state index in [2.05, 4.69) is 10.7 Å². The van der Waals surface area contributed by atoms with E-state index in [1.54, 1.807) is 11.3 Å². The number of aromatic hydroxyl groups is 1. The van der Waals surface area contributed by atoms with Gasteiger partial charge in [0.1, 0.15) is 0 Å². The molecular formula is C13H13F2NOS. The average molecular weight is 269 g/mol. The summed E-state index contributed by atoms with van der Waals surface area (Å²) in [5, 5.41) is 16.1. The van der Waals surface area contributed by atoms with Gasteiger partial charge in [0.05, 0.1) is 0 Å². The number of phenols is 1. The molecule has 0 spiro atoms. The van der Waals surface area contributed by atoms with Crippen LogP contribution in [0.1, 0.15) is 11.1 Å². The maximum Gasteiger partial charge on any atom is 0.187 e. The van der Waals surface area contributed by atoms with Crippen LogP contribution in [-0.4, -0.2) is 11.7 Å². The second-order valence-corrected chi connectivity index (χ2v) is 4.75. The monoisotopic (exact) mass is 269 g/mol. The fourth-order valence-corrected chi connectivity index (χ4v) is 2.32. The molecule has 2 nitrogen and oxygen atoms in total. The van der Waals surface area contributed by atoms with Crippen LogP contribution < -0.4 is 5.32 Å². The summed E-state index contributed by atoms with van der Waals surface area (Å²) in [5.41, 5.74) is 1.73. The van der Waals surface area contributed by atoms with Gasteiger partial charge in [-0.05, 0) is 53.1 Å². The van der Waals surface area contributed by atoms with Crippen LogP contribution in [0.2, 0.25) is 0 Å². The van der Waals surface area contributed by atoms with Gasteiger partial charge in [-0.25, -0.2) is 8.78 Å². The molecule has 5 heteroatoms. The first-order valence-corrected chi connectivity index (χ1v) is 6.50. The van der Waals surface area contributed by atoms with Crippen molar-refractivity contribution in [2.75, 3.05) is 6.54 Å². The van der Waals surface area contributed by atoms with E-state index in [4.69, 9.17) is 5.11 Å². The van der Waals surface area contributed by atoms with Crippen LogP contribution in [0.5, 0.6) is 5.75 Å². The zero-order valence-corrected chi connectivity index (χ0v) is 10.4. The molecule has 0 fully saturated rings. The Morgan fingerprint density at radius 3 is 2.50 bits per heavy atom. The number of thiophene rings is 1. The number of hydrogen-bond acceptors (Lipinski definition) is 3. The molecule has 1 heterocycles. The van der Waals surface area contributed by atoms with Crippen LogP contribution in [0, 0.1) is 11.6 Å². The van der Waals surface area contributed by atoms with Gasteiger partial charge < -0.3 is 10.4 Å². The van der Waals surface area contributed by atoms with Crippen molar-refractivity contribution in [3.8, 4) is 5.75 Å². The van der Waals surface area contributed by atoms with E-state index in [0.29, 0.717) is 12.1 Å². The van der Waals surface area contributed by atoms with Crippen molar-refractivity contribution in [2.45, 2.75) is 13.0 Å². The summed E-state index contributed by atoms with van der Waals surface area (Å²) in [5.74, 6) is -2.77. The lowest BCUT2D eigenvalue weighted by Gasteiger charge is -2.06. The molecule has 0 aliphatic rings. The Morgan fingerprint density at radius 2 is 1.89 bits per heavy atom. The van der Waals surface area contributed by atoms with Crippen molar-refractivity contribution >= 4 is 11.3 Å². The van der Waals surface area contributed by atoms with E-state index in [0.717, 1.165) is 25.1 Å². The maximum absolute atomic E-state index is 13.1. The fourth-order valence-electron chi connectivity index (χ4n) is 1.62. The lowest BCUT2D eigenvalue weighted by Crippen LogP contribution is -2.16. The van der Waals surface area contributed by atoms with Crippen LogP contribution in [0.25, 0.3) is 0 Å². The Labute approximate surface area is 108 Å². The SMILES string of the molecule is Oc1c(F)cc(CNCCc2ccsc2)cc1F. The molecule has 18 heavy (non-hydrogen) atoms. The highest BCUT2D eigenvalue weighted by molar-refractivity contribution is 7.07. The van der Waals surface area contributed by atoms with Gasteiger partial charge in [0.15, 0.2) is 17.4 Å². The van der Waals surface area contributed by atoms with Crippen LogP contribution in [0.3, 0.4) is 0 Å². The van der Waals surface area contributed by atoms with Gasteiger partial charge in [-0.3, -0.25) is 0 Å². The number of hydrogen-bond donors (Lipinski definition) is 2. The Morgan fingerprint density at radius 1 is 1.17 bits per heavy atom. The number of benzene rings is 1. The smallest absolute Gasteiger partial charge is 0.187 e. The van der Waals surface area contributed by atoms with E-state index in [9.17, 15) is 8.78 Å². The number of halogens is 2. The van der Waals surface area contributed by atoms with E-state index in [1.807, 2.05) is 11.4 Å². The van der Waals surface area contributed by atoms with Crippen LogP contribution in [-0.2, 0) is 13.0 Å². The van der Waals surface area contributed by atoms with Gasteiger partial charge in [-0.1, -0.05) is 0 Å². The molecule has 2 rings (SSSR count). The highest BCUT2D eigenvalue weighted by Gasteiger charge is 2.08. The quantitative estimate of drug-likeness (QED) is 0.818. The fraction of sp³-hybridized carbons (Fsp3) is 0.231. The molecule has 0 saturated carbocycles. The maximum atomic E-state index is 13.1. The van der Waals surface area contributed by atoms with Gasteiger partial charge >= 0.3 is 0 Å². The minimum Gasteiger partial charge on any atom is -0.503 e. The molecule has 0 saturated heterocycles. The highest BCUT2D eigenvalue weighted by Crippen LogP contribution is 2.21. The third-order valence-electron chi connectivity index (χ3n) is 2.58. The second-order valence-electron chi connectivity index (χ2n) is 3.97. The molecule has 0 aliphatic heterocycles. The Balaban J connectivity index is 1.83. The van der Waals surface area contributed by atoms with Crippen molar-refractivity contribution in [1.82, 2.24) is 5.32 Å². The first-order chi connectivity index (χ1) is 8.66. The summed E-state index contributed by atoms with van der Waals surface area (Å²) in [4.78, 5) is 0. The molecule has 0 unspecified atom stereocenters. The molecule has 0 amide bonds. The van der Waals surface area contributed by atoms with Crippen LogP contribution in [0.15, 0.2) is 29.0 Å². The molecule has 0 aliphatic carbocycles. The third-order valence-corrected chi connectivity index (χ3v) is 3.31. The topological polar surface area (TPSA) is 32.3 Å². The predicted molar refractivity (Wildman–Crippen MR) is 67.8 cm³/mol. The minimum atomic E-state index is -0.926. The molecule has 1 aromatic heterocycles. The Hall–Kier alpha value is -1.46.